The van der Waals surface area contributed by atoms with Gasteiger partial charge in [0.1, 0.15) is 18.0 Å². The molecule has 0 amide bonds. The highest BCUT2D eigenvalue weighted by Crippen LogP contribution is 2.69. The molecule has 0 bridgehead atoms. The number of carbonyl (C=O) groups is 2. The second-order valence-corrected chi connectivity index (χ2v) is 20.2. The quantitative estimate of drug-likeness (QED) is 0.0979. The fourth-order valence-electron chi connectivity index (χ4n) is 13.9. The van der Waals surface area contributed by atoms with Crippen molar-refractivity contribution in [1.82, 2.24) is 5.32 Å². The minimum atomic E-state index is -0.651. The van der Waals surface area contributed by atoms with Crippen LogP contribution in [0.15, 0.2) is 121 Å². The largest absolute Gasteiger partial charge is 0.508 e. The van der Waals surface area contributed by atoms with Crippen LogP contribution in [0, 0.1) is 17.8 Å². The van der Waals surface area contributed by atoms with Gasteiger partial charge in [-0.2, -0.15) is 0 Å². The monoisotopic (exact) mass is 937 g/mol. The van der Waals surface area contributed by atoms with Gasteiger partial charge in [0.2, 0.25) is 0 Å². The van der Waals surface area contributed by atoms with Crippen molar-refractivity contribution in [3.05, 3.63) is 160 Å². The molecule has 4 aliphatic carbocycles. The van der Waals surface area contributed by atoms with E-state index in [0.29, 0.717) is 30.9 Å². The van der Waals surface area contributed by atoms with Crippen LogP contribution < -0.4 is 14.8 Å². The SMILES string of the molecule is CNCc1cccc(-c2cc(O)cc3ccc(CC(=O)O[C@@H]4C[C@@H](OC(C)=O)[C@H]5Cc6cc(OC)c(O)cc6[C@H]6CC[C@@H]7Cc8cc(O)c(OC)cc8[C@H](C4)[C@H]7[C@@]65c4ccc5ccccc5c4)cc23)c1. The fraction of sp³-hybridized carbons (Fsp3) is 0.333. The van der Waals surface area contributed by atoms with Crippen molar-refractivity contribution in [1.29, 1.82) is 0 Å². The molecule has 2 fully saturated rings. The van der Waals surface area contributed by atoms with E-state index in [1.165, 1.54) is 12.5 Å². The average Bonchev–Trinajstić information content (AvgIpc) is 3.34. The summed E-state index contributed by atoms with van der Waals surface area (Å²) in [5.74, 6) is -0.0788. The van der Waals surface area contributed by atoms with Gasteiger partial charge >= 0.3 is 11.9 Å². The number of methoxy groups -OCH3 is 2. The summed E-state index contributed by atoms with van der Waals surface area (Å²) in [5.41, 5.74) is 8.50. The maximum absolute atomic E-state index is 14.6. The average molecular weight is 938 g/mol. The molecule has 0 aromatic heterocycles. The molecule has 11 rings (SSSR count). The van der Waals surface area contributed by atoms with Gasteiger partial charge in [-0.05, 0) is 183 Å². The lowest BCUT2D eigenvalue weighted by Gasteiger charge is -2.65. The Kier molecular flexibility index (Phi) is 11.7. The van der Waals surface area contributed by atoms with Crippen molar-refractivity contribution in [3.63, 3.8) is 0 Å². The predicted molar refractivity (Wildman–Crippen MR) is 270 cm³/mol. The van der Waals surface area contributed by atoms with E-state index in [9.17, 15) is 24.9 Å². The molecule has 0 spiro atoms. The third-order valence-corrected chi connectivity index (χ3v) is 16.4. The molecule has 0 aliphatic heterocycles. The van der Waals surface area contributed by atoms with Gasteiger partial charge in [0.25, 0.3) is 0 Å². The lowest BCUT2D eigenvalue weighted by atomic mass is 9.39. The number of esters is 2. The first kappa shape index (κ1) is 45.4. The molecule has 7 aromatic carbocycles. The molecule has 7 aromatic rings. The number of phenolic OH excluding ortho intramolecular Hbond substituents is 3. The van der Waals surface area contributed by atoms with E-state index >= 15 is 0 Å². The van der Waals surface area contributed by atoms with Crippen molar-refractivity contribution in [2.45, 2.75) is 87.9 Å². The van der Waals surface area contributed by atoms with Crippen LogP contribution in [-0.4, -0.2) is 60.7 Å². The molecule has 0 unspecified atom stereocenters. The van der Waals surface area contributed by atoms with E-state index in [1.807, 2.05) is 61.6 Å². The molecule has 10 nitrogen and oxygen atoms in total. The molecule has 0 saturated heterocycles. The number of hydrogen-bond donors (Lipinski definition) is 4. The normalized spacial score (nSPS) is 24.3. The van der Waals surface area contributed by atoms with Crippen LogP contribution in [0.1, 0.15) is 83.4 Å². The van der Waals surface area contributed by atoms with Gasteiger partial charge in [0, 0.05) is 31.2 Å². The Morgan fingerprint density at radius 3 is 2.27 bits per heavy atom. The van der Waals surface area contributed by atoms with Gasteiger partial charge in [0.15, 0.2) is 23.0 Å². The zero-order chi connectivity index (χ0) is 48.4. The molecular weight excluding hydrogens is 879 g/mol. The Morgan fingerprint density at radius 1 is 0.700 bits per heavy atom. The molecule has 10 heteroatoms. The van der Waals surface area contributed by atoms with Crippen molar-refractivity contribution in [2.75, 3.05) is 21.3 Å². The minimum Gasteiger partial charge on any atom is -0.508 e. The first-order chi connectivity index (χ1) is 33.9. The second kappa shape index (κ2) is 18.0. The predicted octanol–water partition coefficient (Wildman–Crippen LogP) is 11.0. The smallest absolute Gasteiger partial charge is 0.310 e. The Labute approximate surface area is 408 Å². The molecule has 4 N–H and O–H groups in total. The number of fused-ring (bicyclic) bond motifs is 6. The van der Waals surface area contributed by atoms with Crippen molar-refractivity contribution >= 4 is 33.5 Å². The highest BCUT2D eigenvalue weighted by Gasteiger charge is 2.65. The number of nitrogens with one attached hydrogen (secondary N) is 1. The first-order valence-electron chi connectivity index (χ1n) is 24.6. The van der Waals surface area contributed by atoms with E-state index in [1.54, 1.807) is 26.4 Å². The lowest BCUT2D eigenvalue weighted by molar-refractivity contribution is -0.166. The minimum absolute atomic E-state index is 0.00295. The highest BCUT2D eigenvalue weighted by atomic mass is 16.6. The molecule has 0 radical (unpaired) electrons. The summed E-state index contributed by atoms with van der Waals surface area (Å²) in [6, 6.07) is 40.6. The summed E-state index contributed by atoms with van der Waals surface area (Å²) in [4.78, 5) is 28.2. The second-order valence-electron chi connectivity index (χ2n) is 20.2. The Bertz CT molecular complexity index is 3200. The molecule has 4 aliphatic rings. The third-order valence-electron chi connectivity index (χ3n) is 16.4. The number of aromatic hydroxyl groups is 3. The van der Waals surface area contributed by atoms with E-state index in [-0.39, 0.29) is 59.7 Å². The van der Waals surface area contributed by atoms with Gasteiger partial charge < -0.3 is 39.6 Å². The molecule has 2 saturated carbocycles. The zero-order valence-electron chi connectivity index (χ0n) is 40.0. The maximum atomic E-state index is 14.6. The fourth-order valence-corrected chi connectivity index (χ4v) is 13.9. The van der Waals surface area contributed by atoms with Gasteiger partial charge in [-0.25, -0.2) is 0 Å². The standard InChI is InChI=1S/C60H59NO9/c1-33(62)69-55-29-45(70-58(66)20-34-12-13-39-23-44(63)27-47(46(39)19-34)38-11-7-8-35(18-38)32-61-2)28-50-48-31-57(68-4)53(64)25-41(48)21-40-15-17-51-49-30-54(65)56(67-3)26-42(49)24-52(55)60(51,59(40)50)43-16-14-36-9-5-6-10-37(36)22-43/h5-14,16,18-19,22-23,25-27,30-31,40,45,50-52,55,59,61,63-65H,15,17,20-21,24,28-29,32H2,1-4H3/t40-,45+,50+,51-,52-,55-,59+,60+/m1/s1. The number of rotatable bonds is 10. The van der Waals surface area contributed by atoms with E-state index < -0.39 is 29.6 Å². The van der Waals surface area contributed by atoms with Crippen LogP contribution >= 0.6 is 0 Å². The van der Waals surface area contributed by atoms with Crippen molar-refractivity contribution in [3.8, 4) is 39.9 Å². The summed E-state index contributed by atoms with van der Waals surface area (Å²) >= 11 is 0. The van der Waals surface area contributed by atoms with Crippen molar-refractivity contribution < 1.29 is 43.9 Å². The Hall–Kier alpha value is -7.04. The van der Waals surface area contributed by atoms with Crippen LogP contribution in [0.25, 0.3) is 32.7 Å². The third kappa shape index (κ3) is 7.77. The topological polar surface area (TPSA) is 144 Å². The first-order valence-corrected chi connectivity index (χ1v) is 24.6. The van der Waals surface area contributed by atoms with E-state index in [4.69, 9.17) is 18.9 Å². The lowest BCUT2D eigenvalue weighted by Crippen LogP contribution is -2.63. The number of ether oxygens (including phenoxy) is 4. The molecule has 8 atom stereocenters. The van der Waals surface area contributed by atoms with Crippen LogP contribution in [0.5, 0.6) is 28.7 Å². The zero-order valence-corrected chi connectivity index (χ0v) is 40.0. The molecule has 358 valence electrons. The summed E-state index contributed by atoms with van der Waals surface area (Å²) in [5, 5.41) is 40.8. The van der Waals surface area contributed by atoms with Gasteiger partial charge in [0.05, 0.1) is 20.6 Å². The van der Waals surface area contributed by atoms with Crippen LogP contribution in [0.4, 0.5) is 0 Å². The number of benzene rings is 7. The molecule has 0 heterocycles. The Morgan fingerprint density at radius 2 is 1.47 bits per heavy atom. The van der Waals surface area contributed by atoms with E-state index in [0.717, 1.165) is 85.3 Å². The van der Waals surface area contributed by atoms with Gasteiger partial charge in [-0.3, -0.25) is 9.59 Å². The van der Waals surface area contributed by atoms with Crippen molar-refractivity contribution in [2.24, 2.45) is 17.8 Å². The van der Waals surface area contributed by atoms with Gasteiger partial charge in [-0.15, -0.1) is 0 Å². The number of phenols is 3. The summed E-state index contributed by atoms with van der Waals surface area (Å²) in [7, 11) is 5.04. The molecule has 70 heavy (non-hydrogen) atoms. The summed E-state index contributed by atoms with van der Waals surface area (Å²) < 4.78 is 24.9. The van der Waals surface area contributed by atoms with Gasteiger partial charge in [-0.1, -0.05) is 72.8 Å². The highest BCUT2D eigenvalue weighted by molar-refractivity contribution is 5.98. The van der Waals surface area contributed by atoms with Crippen LogP contribution in [-0.2, 0) is 50.3 Å². The summed E-state index contributed by atoms with van der Waals surface area (Å²) in [6.07, 6.45) is 2.39. The summed E-state index contributed by atoms with van der Waals surface area (Å²) in [6.45, 7) is 2.16. The Balaban J connectivity index is 1.05. The van der Waals surface area contributed by atoms with Crippen LogP contribution in [0.3, 0.4) is 0 Å². The number of hydrogen-bond acceptors (Lipinski definition) is 10. The number of carbonyl (C=O) groups excluding carboxylic acids is 2. The molecular formula is C60H59NO9. The van der Waals surface area contributed by atoms with E-state index in [2.05, 4.69) is 59.9 Å². The maximum Gasteiger partial charge on any atom is 0.310 e. The van der Waals surface area contributed by atoms with Crippen LogP contribution in [0.2, 0.25) is 0 Å².